The minimum Gasteiger partial charge on any atom is -0.477 e. The van der Waals surface area contributed by atoms with Crippen LogP contribution in [-0.2, 0) is 0 Å². The van der Waals surface area contributed by atoms with Crippen LogP contribution in [0, 0.1) is 66.5 Å². The lowest BCUT2D eigenvalue weighted by Gasteiger charge is -2.39. The van der Waals surface area contributed by atoms with Crippen molar-refractivity contribution in [3.8, 4) is 0 Å². The number of benzene rings is 4. The number of aromatic carboxylic acids is 2. The lowest BCUT2D eigenvalue weighted by atomic mass is 10.1. The second-order valence-corrected chi connectivity index (χ2v) is 33.9. The maximum Gasteiger partial charge on any atom is 0.341 e. The molecule has 0 spiro atoms. The van der Waals surface area contributed by atoms with Crippen molar-refractivity contribution in [3.05, 3.63) is 161 Å². The molecular weight excluding hydrogens is 1600 g/mol. The number of carbonyl (C=O) groups is 2. The van der Waals surface area contributed by atoms with Gasteiger partial charge in [-0.3, -0.25) is 73.1 Å². The smallest absolute Gasteiger partial charge is 0.341 e. The third-order valence-corrected chi connectivity index (χ3v) is 25.8. The first-order chi connectivity index (χ1) is 59.7. The fourth-order valence-electron chi connectivity index (χ4n) is 18.1. The summed E-state index contributed by atoms with van der Waals surface area (Å²) in [7, 11) is 0. The number of nitrogens with zero attached hydrogens (tertiary/aromatic N) is 16. The molecule has 34 nitrogen and oxygen atoms in total. The molecule has 0 unspecified atom stereocenters. The van der Waals surface area contributed by atoms with Crippen LogP contribution >= 0.6 is 0 Å². The van der Waals surface area contributed by atoms with Crippen LogP contribution in [0.3, 0.4) is 0 Å². The molecule has 8 aromatic rings. The zero-order valence-corrected chi connectivity index (χ0v) is 68.9. The summed E-state index contributed by atoms with van der Waals surface area (Å²) in [6, 6.07) is 14.8. The van der Waals surface area contributed by atoms with E-state index in [0.29, 0.717) is 89.9 Å². The van der Waals surface area contributed by atoms with Crippen molar-refractivity contribution in [1.29, 1.82) is 43.3 Å². The first-order valence-electron chi connectivity index (χ1n) is 42.8. The number of pyridine rings is 4. The van der Waals surface area contributed by atoms with Gasteiger partial charge < -0.3 is 87.3 Å². The summed E-state index contributed by atoms with van der Waals surface area (Å²) in [5.41, 5.74) is 0.399. The van der Waals surface area contributed by atoms with Crippen LogP contribution in [0.1, 0.15) is 122 Å². The van der Waals surface area contributed by atoms with Gasteiger partial charge >= 0.3 is 11.9 Å². The molecule has 124 heavy (non-hydrogen) atoms. The lowest BCUT2D eigenvalue weighted by Crippen LogP contribution is -2.57. The summed E-state index contributed by atoms with van der Waals surface area (Å²) < 4.78 is 72.1. The highest BCUT2D eigenvalue weighted by molar-refractivity contribution is 6.02. The second-order valence-electron chi connectivity index (χ2n) is 33.9. The van der Waals surface area contributed by atoms with Gasteiger partial charge in [0.2, 0.25) is 10.9 Å². The number of carboxylic acid groups (broad SMARTS) is 2. The van der Waals surface area contributed by atoms with Crippen molar-refractivity contribution in [1.82, 2.24) is 68.1 Å². The molecule has 0 bridgehead atoms. The molecule has 4 saturated carbocycles. The monoisotopic (exact) mass is 1700 g/mol. The molecule has 4 aromatic heterocycles. The summed E-state index contributed by atoms with van der Waals surface area (Å²) in [5.74, 6) is -5.25. The quantitative estimate of drug-likeness (QED) is 0.0286. The fourth-order valence-corrected chi connectivity index (χ4v) is 18.1. The number of piperazine rings is 4. The molecule has 4 aliphatic carbocycles. The van der Waals surface area contributed by atoms with Gasteiger partial charge in [-0.25, -0.2) is 27.2 Å². The molecule has 0 amide bonds. The topological polar surface area (TPSA) is 416 Å². The van der Waals surface area contributed by atoms with Crippen LogP contribution in [0.15, 0.2) is 105 Å². The van der Waals surface area contributed by atoms with Gasteiger partial charge in [0.15, 0.2) is 34.7 Å². The van der Waals surface area contributed by atoms with E-state index in [1.165, 1.54) is 36.7 Å². The Morgan fingerprint density at radius 3 is 0.847 bits per heavy atom. The Balaban J connectivity index is 0.603. The Hall–Kier alpha value is -13.1. The van der Waals surface area contributed by atoms with Gasteiger partial charge in [0, 0.05) is 240 Å². The number of aromatic nitrogens is 4. The SMILES string of the molecule is N=C(CC(=N)N1CCN(c2cc3c(cc2F)c(=O)ccn3C2CC2)CC1)N1CCCN(C(=N)CC(=N)N2CCN(c3cc4c(cc3F)c(=O)c(C(=O)O)cn4C3CC3)CC2)CCN(C(=N)NC(=N)N2CCN(c3cc4c(cc3F)c(=O)c(C(=O)O)cn4C3CC3)CC2)CCCN(C(=N)NC(=N)N2CCN(c3cc4c(cc3F)c(=O)ccn4C3CC3)CC2)CC1. The number of fused-ring (bicyclic) bond motifs is 4. The predicted molar refractivity (Wildman–Crippen MR) is 468 cm³/mol. The molecule has 0 radical (unpaired) electrons. The van der Waals surface area contributed by atoms with Gasteiger partial charge in [-0.05, 0) is 113 Å². The van der Waals surface area contributed by atoms with Gasteiger partial charge in [-0.1, -0.05) is 0 Å². The summed E-state index contributed by atoms with van der Waals surface area (Å²) in [6.07, 6.45) is 13.5. The summed E-state index contributed by atoms with van der Waals surface area (Å²) >= 11 is 0. The number of hydrogen-bond donors (Lipinski definition) is 12. The van der Waals surface area contributed by atoms with Gasteiger partial charge in [-0.2, -0.15) is 0 Å². The van der Waals surface area contributed by atoms with Crippen molar-refractivity contribution < 1.29 is 37.4 Å². The van der Waals surface area contributed by atoms with Crippen molar-refractivity contribution in [3.63, 3.8) is 0 Å². The van der Waals surface area contributed by atoms with E-state index >= 15 is 17.6 Å². The molecule has 12 N–H and O–H groups in total. The van der Waals surface area contributed by atoms with Gasteiger partial charge in [0.1, 0.15) is 57.7 Å². The van der Waals surface area contributed by atoms with Gasteiger partial charge in [0.25, 0.3) is 0 Å². The normalized spacial score (nSPS) is 18.6. The number of anilines is 4. The molecule has 5 saturated heterocycles. The van der Waals surface area contributed by atoms with Crippen LogP contribution in [0.4, 0.5) is 40.3 Å². The third kappa shape index (κ3) is 17.3. The van der Waals surface area contributed by atoms with E-state index in [9.17, 15) is 82.3 Å². The maximum atomic E-state index is 16.2. The van der Waals surface area contributed by atoms with Crippen LogP contribution in [-0.4, -0.2) is 284 Å². The molecule has 5 aliphatic heterocycles. The van der Waals surface area contributed by atoms with E-state index in [2.05, 4.69) is 10.6 Å². The molecule has 0 atom stereocenters. The largest absolute Gasteiger partial charge is 0.477 e. The number of hydrogen-bond acceptors (Lipinski definition) is 18. The highest BCUT2D eigenvalue weighted by Gasteiger charge is 2.36. The molecule has 652 valence electrons. The number of guanidine groups is 4. The molecule has 17 rings (SSSR count). The Labute approximate surface area is 709 Å². The Morgan fingerprint density at radius 2 is 0.556 bits per heavy atom. The zero-order valence-electron chi connectivity index (χ0n) is 68.9. The van der Waals surface area contributed by atoms with E-state index in [0.717, 1.165) is 63.5 Å². The lowest BCUT2D eigenvalue weighted by molar-refractivity contribution is 0.0684. The number of rotatable bonds is 14. The molecule has 4 aromatic carbocycles. The highest BCUT2D eigenvalue weighted by atomic mass is 19.1. The second kappa shape index (κ2) is 34.3. The fraction of sp³-hybridized carbons (Fsp3) is 0.465. The third-order valence-electron chi connectivity index (χ3n) is 25.8. The molecule has 9 aliphatic rings. The first-order valence-corrected chi connectivity index (χ1v) is 42.8. The van der Waals surface area contributed by atoms with Crippen LogP contribution < -0.4 is 51.9 Å². The van der Waals surface area contributed by atoms with E-state index < -0.39 is 57.2 Å². The zero-order chi connectivity index (χ0) is 86.8. The minimum atomic E-state index is -1.40. The van der Waals surface area contributed by atoms with Gasteiger partial charge in [-0.15, -0.1) is 0 Å². The van der Waals surface area contributed by atoms with Crippen molar-refractivity contribution in [2.24, 2.45) is 0 Å². The van der Waals surface area contributed by atoms with Crippen LogP contribution in [0.2, 0.25) is 0 Å². The van der Waals surface area contributed by atoms with Crippen molar-refractivity contribution >= 4 is 125 Å². The average Bonchev–Trinajstić information content (AvgIpc) is 1.61. The molecule has 9 heterocycles. The van der Waals surface area contributed by atoms with Crippen molar-refractivity contribution in [2.75, 3.05) is 177 Å². The van der Waals surface area contributed by atoms with E-state index in [-0.39, 0.29) is 241 Å². The summed E-state index contributed by atoms with van der Waals surface area (Å²) in [5, 5.41) is 104. The van der Waals surface area contributed by atoms with E-state index in [1.54, 1.807) is 70.3 Å². The molecular formula is C86H102F4N26O8. The van der Waals surface area contributed by atoms with E-state index in [1.807, 2.05) is 43.4 Å². The number of nitrogens with one attached hydrogen (secondary N) is 10. The highest BCUT2D eigenvalue weighted by Crippen LogP contribution is 2.42. The maximum absolute atomic E-state index is 16.2. The summed E-state index contributed by atoms with van der Waals surface area (Å²) in [6.45, 7) is 5.82. The average molecular weight is 1700 g/mol. The molecule has 9 fully saturated rings. The Bertz CT molecular complexity index is 5610. The first kappa shape index (κ1) is 83.2. The predicted octanol–water partition coefficient (Wildman–Crippen LogP) is 7.44. The van der Waals surface area contributed by atoms with Crippen molar-refractivity contribution in [2.45, 2.75) is 101 Å². The standard InChI is InChI=1S/C86H102F4N26O8/c87-61-39-55-65(113(51-3-4-51)17-11-73(55)117)43-69(61)101-19-27-107(28-20-101)77(93)47-75(91)105-13-1-14-106(76(92)48-78(94)108-29-21-102(22-30-108)71-45-67-57(41-63(71)89)79(119)59(81(121)122)49-115(67)53-7-8-53)32-38-110(84(96)100-86(98)112-35-25-104(26-36-112)72-46-68-58(42-64(72)90)80(120)60(82(123)124)50-116(68)54-9-10-54)16-2-15-109(37-31-105)83(95)99-85(97)111-33-23-103(24-34-111)70-44-66-56(40-62(70)88)74(118)12-18-114(66)52-5-6-52/h11-12,17-18,39-46,49-54,91-94H,1-10,13-16,19-38,47-48H2,(H,121,122)(H,123,124)(H3,95,97,99)(H3,96,98,100). The number of carboxylic acids is 2. The van der Waals surface area contributed by atoms with Crippen LogP contribution in [0.25, 0.3) is 43.6 Å². The van der Waals surface area contributed by atoms with Gasteiger partial charge in [0.05, 0.1) is 57.7 Å². The number of halogens is 4. The minimum absolute atomic E-state index is 0.0261. The Kier molecular flexibility index (Phi) is 23.0. The summed E-state index contributed by atoms with van der Waals surface area (Å²) in [4.78, 5) is 98.7. The van der Waals surface area contributed by atoms with Crippen LogP contribution in [0.5, 0.6) is 0 Å². The van der Waals surface area contributed by atoms with E-state index in [4.69, 9.17) is 0 Å². The molecule has 38 heteroatoms. The number of amidine groups is 4. The Morgan fingerprint density at radius 1 is 0.323 bits per heavy atom.